The molecule has 0 aliphatic rings. The Labute approximate surface area is 205 Å². The van der Waals surface area contributed by atoms with Crippen molar-refractivity contribution in [2.45, 2.75) is 38.5 Å². The molecule has 4 aromatic rings. The van der Waals surface area contributed by atoms with Gasteiger partial charge in [-0.25, -0.2) is 4.98 Å². The second-order valence-electron chi connectivity index (χ2n) is 8.59. The van der Waals surface area contributed by atoms with Crippen LogP contribution in [0.25, 0.3) is 22.2 Å². The van der Waals surface area contributed by atoms with Crippen LogP contribution in [-0.4, -0.2) is 21.5 Å². The molecule has 9 heteroatoms. The lowest BCUT2D eigenvalue weighted by Crippen LogP contribution is -2.38. The number of alkyl halides is 3. The summed E-state index contributed by atoms with van der Waals surface area (Å²) in [5, 5.41) is 2.57. The fourth-order valence-corrected chi connectivity index (χ4v) is 4.26. The summed E-state index contributed by atoms with van der Waals surface area (Å²) < 4.78 is 41.3. The summed E-state index contributed by atoms with van der Waals surface area (Å²) in [6.07, 6.45) is -4.29. The topological polar surface area (TPSA) is 72.9 Å². The highest BCUT2D eigenvalue weighted by Crippen LogP contribution is 2.37. The minimum Gasteiger partial charge on any atom is -0.320 e. The first-order valence-electron chi connectivity index (χ1n) is 11.0. The van der Waals surface area contributed by atoms with Crippen LogP contribution in [0.4, 0.5) is 19.1 Å². The lowest BCUT2D eigenvalue weighted by atomic mass is 10.0. The summed E-state index contributed by atoms with van der Waals surface area (Å²) in [5.41, 5.74) is 8.61. The van der Waals surface area contributed by atoms with E-state index in [1.54, 1.807) is 4.57 Å². The van der Waals surface area contributed by atoms with Gasteiger partial charge in [0.05, 0.1) is 27.7 Å². The quantitative estimate of drug-likeness (QED) is 0.319. The number of carbonyl (C=O) groups excluding carboxylic acids is 1. The molecule has 1 atom stereocenters. The first kappa shape index (κ1) is 24.8. The van der Waals surface area contributed by atoms with E-state index in [-0.39, 0.29) is 29.0 Å². The van der Waals surface area contributed by atoms with E-state index >= 15 is 0 Å². The maximum absolute atomic E-state index is 13.2. The lowest BCUT2D eigenvalue weighted by Gasteiger charge is -2.17. The van der Waals surface area contributed by atoms with Crippen LogP contribution in [-0.2, 0) is 17.4 Å². The number of anilines is 1. The second-order valence-corrected chi connectivity index (χ2v) is 8.99. The summed E-state index contributed by atoms with van der Waals surface area (Å²) in [4.78, 5) is 17.1. The van der Waals surface area contributed by atoms with Gasteiger partial charge < -0.3 is 10.3 Å². The Kier molecular flexibility index (Phi) is 6.87. The minimum atomic E-state index is -4.57. The summed E-state index contributed by atoms with van der Waals surface area (Å²) in [5.74, 6) is -0.405. The van der Waals surface area contributed by atoms with Gasteiger partial charge in [-0.1, -0.05) is 66.2 Å². The molecule has 0 bridgehead atoms. The normalized spacial score (nSPS) is 12.8. The monoisotopic (exact) mass is 500 g/mol. The van der Waals surface area contributed by atoms with Gasteiger partial charge in [0.15, 0.2) is 0 Å². The molecule has 0 spiro atoms. The van der Waals surface area contributed by atoms with Crippen LogP contribution in [0.3, 0.4) is 0 Å². The largest absolute Gasteiger partial charge is 0.416 e. The fourth-order valence-electron chi connectivity index (χ4n) is 3.95. The smallest absolute Gasteiger partial charge is 0.320 e. The third-order valence-corrected chi connectivity index (χ3v) is 5.96. The molecule has 5 nitrogen and oxygen atoms in total. The Hall–Kier alpha value is -3.36. The van der Waals surface area contributed by atoms with Gasteiger partial charge in [0.2, 0.25) is 11.9 Å². The van der Waals surface area contributed by atoms with Crippen molar-refractivity contribution >= 4 is 34.5 Å². The van der Waals surface area contributed by atoms with Gasteiger partial charge in [-0.05, 0) is 49.1 Å². The number of rotatable bonds is 6. The first-order chi connectivity index (χ1) is 16.5. The number of amides is 1. The van der Waals surface area contributed by atoms with E-state index in [1.807, 2.05) is 68.4 Å². The summed E-state index contributed by atoms with van der Waals surface area (Å²) in [7, 11) is 0. The molecule has 0 fully saturated rings. The predicted molar refractivity (Wildman–Crippen MR) is 132 cm³/mol. The standard InChI is InChI=1S/C26H24ClF3N4O/c1-15(2)34-23-20(27)13-19(26(28,29)30)14-22(23)32-25(34)33-24(35)21(31)12-16-8-10-18(11-9-16)17-6-4-3-5-7-17/h3-11,13-15,21H,12,31H2,1-2H3,(H,32,33,35). The zero-order chi connectivity index (χ0) is 25.3. The average Bonchev–Trinajstić information content (AvgIpc) is 3.18. The molecule has 0 saturated carbocycles. The maximum atomic E-state index is 13.2. The summed E-state index contributed by atoms with van der Waals surface area (Å²) in [6, 6.07) is 18.3. The van der Waals surface area contributed by atoms with E-state index < -0.39 is 23.7 Å². The predicted octanol–water partition coefficient (Wildman–Crippen LogP) is 6.46. The molecule has 0 saturated heterocycles. The van der Waals surface area contributed by atoms with E-state index in [4.69, 9.17) is 17.3 Å². The van der Waals surface area contributed by atoms with Crippen LogP contribution in [0.5, 0.6) is 0 Å². The van der Waals surface area contributed by atoms with Crippen molar-refractivity contribution in [2.24, 2.45) is 5.73 Å². The number of aromatic nitrogens is 2. The second kappa shape index (κ2) is 9.71. The van der Waals surface area contributed by atoms with Crippen molar-refractivity contribution in [1.29, 1.82) is 0 Å². The van der Waals surface area contributed by atoms with E-state index in [0.717, 1.165) is 28.8 Å². The van der Waals surface area contributed by atoms with Gasteiger partial charge >= 0.3 is 6.18 Å². The van der Waals surface area contributed by atoms with Crippen molar-refractivity contribution in [3.8, 4) is 11.1 Å². The first-order valence-corrected chi connectivity index (χ1v) is 11.4. The van der Waals surface area contributed by atoms with E-state index in [0.29, 0.717) is 5.52 Å². The van der Waals surface area contributed by atoms with Crippen molar-refractivity contribution in [3.05, 3.63) is 82.9 Å². The van der Waals surface area contributed by atoms with Gasteiger partial charge in [0, 0.05) is 6.04 Å². The SMILES string of the molecule is CC(C)n1c(NC(=O)C(N)Cc2ccc(-c3ccccc3)cc2)nc2cc(C(F)(F)F)cc(Cl)c21. The molecule has 4 rings (SSSR count). The van der Waals surface area contributed by atoms with Crippen LogP contribution < -0.4 is 11.1 Å². The number of carbonyl (C=O) groups is 1. The molecular weight excluding hydrogens is 477 g/mol. The van der Waals surface area contributed by atoms with Gasteiger partial charge in [-0.2, -0.15) is 13.2 Å². The fraction of sp³-hybridized carbons (Fsp3) is 0.231. The Morgan fingerprint density at radius 3 is 2.29 bits per heavy atom. The lowest BCUT2D eigenvalue weighted by molar-refractivity contribution is -0.137. The molecule has 3 N–H and O–H groups in total. The Bertz CT molecular complexity index is 1350. The number of nitrogens with zero attached hydrogens (tertiary/aromatic N) is 2. The molecule has 0 aliphatic carbocycles. The molecule has 3 aromatic carbocycles. The third-order valence-electron chi connectivity index (χ3n) is 5.67. The van der Waals surface area contributed by atoms with Crippen LogP contribution in [0.2, 0.25) is 5.02 Å². The average molecular weight is 501 g/mol. The number of benzene rings is 3. The van der Waals surface area contributed by atoms with Gasteiger partial charge in [0.1, 0.15) is 0 Å². The van der Waals surface area contributed by atoms with Gasteiger partial charge in [-0.3, -0.25) is 10.1 Å². The highest BCUT2D eigenvalue weighted by Gasteiger charge is 2.32. The number of hydrogen-bond donors (Lipinski definition) is 2. The van der Waals surface area contributed by atoms with Crippen LogP contribution in [0, 0.1) is 0 Å². The van der Waals surface area contributed by atoms with E-state index in [2.05, 4.69) is 10.3 Å². The maximum Gasteiger partial charge on any atom is 0.416 e. The van der Waals surface area contributed by atoms with Crippen LogP contribution in [0.15, 0.2) is 66.7 Å². The zero-order valence-corrected chi connectivity index (χ0v) is 19.9. The van der Waals surface area contributed by atoms with Crippen molar-refractivity contribution in [1.82, 2.24) is 9.55 Å². The number of halogens is 4. The number of fused-ring (bicyclic) bond motifs is 1. The van der Waals surface area contributed by atoms with E-state index in [1.165, 1.54) is 0 Å². The van der Waals surface area contributed by atoms with Crippen molar-refractivity contribution in [2.75, 3.05) is 5.32 Å². The summed E-state index contributed by atoms with van der Waals surface area (Å²) in [6.45, 7) is 3.64. The van der Waals surface area contributed by atoms with Crippen LogP contribution >= 0.6 is 11.6 Å². The van der Waals surface area contributed by atoms with E-state index in [9.17, 15) is 18.0 Å². The van der Waals surface area contributed by atoms with Crippen molar-refractivity contribution in [3.63, 3.8) is 0 Å². The Balaban J connectivity index is 1.54. The third kappa shape index (κ3) is 5.33. The number of nitrogens with one attached hydrogen (secondary N) is 1. The number of hydrogen-bond acceptors (Lipinski definition) is 3. The molecule has 0 aliphatic heterocycles. The summed E-state index contributed by atoms with van der Waals surface area (Å²) >= 11 is 6.20. The number of nitrogens with two attached hydrogens (primary N) is 1. The molecule has 35 heavy (non-hydrogen) atoms. The molecule has 182 valence electrons. The molecule has 1 heterocycles. The molecule has 1 amide bonds. The Morgan fingerprint density at radius 1 is 1.06 bits per heavy atom. The van der Waals surface area contributed by atoms with Gasteiger partial charge in [0.25, 0.3) is 0 Å². The molecular formula is C26H24ClF3N4O. The Morgan fingerprint density at radius 2 is 1.69 bits per heavy atom. The highest BCUT2D eigenvalue weighted by atomic mass is 35.5. The number of imidazole rings is 1. The van der Waals surface area contributed by atoms with Crippen LogP contribution in [0.1, 0.15) is 31.0 Å². The minimum absolute atomic E-state index is 0.0406. The zero-order valence-electron chi connectivity index (χ0n) is 19.1. The molecule has 0 radical (unpaired) electrons. The van der Waals surface area contributed by atoms with Crippen molar-refractivity contribution < 1.29 is 18.0 Å². The van der Waals surface area contributed by atoms with Gasteiger partial charge in [-0.15, -0.1) is 0 Å². The molecule has 1 aromatic heterocycles. The molecule has 1 unspecified atom stereocenters. The highest BCUT2D eigenvalue weighted by molar-refractivity contribution is 6.35.